The Balaban J connectivity index is 1.81. The Morgan fingerprint density at radius 2 is 1.75 bits per heavy atom. The van der Waals surface area contributed by atoms with Crippen molar-refractivity contribution < 1.29 is 23.1 Å². The average Bonchev–Trinajstić information content (AvgIpc) is 2.56. The van der Waals surface area contributed by atoms with Gasteiger partial charge in [0.2, 0.25) is 11.8 Å². The van der Waals surface area contributed by atoms with Crippen LogP contribution in [0.4, 0.5) is 14.5 Å². The zero-order valence-electron chi connectivity index (χ0n) is 12.9. The highest BCUT2D eigenvalue weighted by molar-refractivity contribution is 6.03. The van der Waals surface area contributed by atoms with Crippen molar-refractivity contribution in [2.75, 3.05) is 12.4 Å². The highest BCUT2D eigenvalue weighted by Crippen LogP contribution is 2.15. The molecule has 0 bridgehead atoms. The molecule has 126 valence electrons. The van der Waals surface area contributed by atoms with Gasteiger partial charge >= 0.3 is 0 Å². The molecule has 0 aliphatic rings. The second kappa shape index (κ2) is 8.05. The summed E-state index contributed by atoms with van der Waals surface area (Å²) in [5.41, 5.74) is 0.665. The van der Waals surface area contributed by atoms with Crippen molar-refractivity contribution in [3.8, 4) is 5.75 Å². The molecule has 24 heavy (non-hydrogen) atoms. The third kappa shape index (κ3) is 5.05. The second-order valence-corrected chi connectivity index (χ2v) is 4.97. The predicted octanol–water partition coefficient (Wildman–Crippen LogP) is 2.62. The molecule has 0 atom stereocenters. The average molecular weight is 334 g/mol. The van der Waals surface area contributed by atoms with E-state index in [1.165, 1.54) is 0 Å². The summed E-state index contributed by atoms with van der Waals surface area (Å²) in [6.07, 6.45) is -0.465. The molecule has 0 radical (unpaired) electrons. The van der Waals surface area contributed by atoms with Crippen molar-refractivity contribution >= 4 is 17.5 Å². The lowest BCUT2D eigenvalue weighted by Gasteiger charge is -2.08. The topological polar surface area (TPSA) is 67.4 Å². The number of carbonyl (C=O) groups is 2. The Bertz CT molecular complexity index is 733. The largest absolute Gasteiger partial charge is 0.497 e. The van der Waals surface area contributed by atoms with Gasteiger partial charge in [-0.2, -0.15) is 0 Å². The lowest BCUT2D eigenvalue weighted by atomic mass is 10.2. The minimum absolute atomic E-state index is 0.177. The van der Waals surface area contributed by atoms with Crippen LogP contribution in [0.1, 0.15) is 12.0 Å². The number of hydrogen-bond donors (Lipinski definition) is 2. The van der Waals surface area contributed by atoms with Crippen LogP contribution in [0.5, 0.6) is 5.75 Å². The van der Waals surface area contributed by atoms with Crippen molar-refractivity contribution in [1.82, 2.24) is 5.32 Å². The highest BCUT2D eigenvalue weighted by Gasteiger charge is 2.12. The summed E-state index contributed by atoms with van der Waals surface area (Å²) in [6.45, 7) is 0.251. The smallest absolute Gasteiger partial charge is 0.233 e. The molecule has 0 heterocycles. The number of carbonyl (C=O) groups excluding carboxylic acids is 2. The molecular formula is C17H16F2N2O3. The van der Waals surface area contributed by atoms with Crippen LogP contribution in [0, 0.1) is 11.6 Å². The molecule has 0 aromatic heterocycles. The quantitative estimate of drug-likeness (QED) is 0.798. The van der Waals surface area contributed by atoms with Gasteiger partial charge in [-0.05, 0) is 29.8 Å². The van der Waals surface area contributed by atoms with Gasteiger partial charge in [-0.25, -0.2) is 8.78 Å². The molecule has 7 heteroatoms. The molecule has 0 fully saturated rings. The van der Waals surface area contributed by atoms with Crippen LogP contribution in [0.15, 0.2) is 42.5 Å². The molecule has 2 amide bonds. The van der Waals surface area contributed by atoms with Crippen LogP contribution >= 0.6 is 0 Å². The summed E-state index contributed by atoms with van der Waals surface area (Å²) >= 11 is 0. The molecule has 0 aliphatic heterocycles. The molecule has 5 nitrogen and oxygen atoms in total. The zero-order valence-corrected chi connectivity index (χ0v) is 12.9. The fraction of sp³-hybridized carbons (Fsp3) is 0.176. The van der Waals surface area contributed by atoms with Crippen molar-refractivity contribution in [3.05, 3.63) is 59.7 Å². The molecule has 2 aromatic carbocycles. The van der Waals surface area contributed by atoms with E-state index in [0.717, 1.165) is 17.7 Å². The lowest BCUT2D eigenvalue weighted by Crippen LogP contribution is -2.27. The van der Waals surface area contributed by atoms with E-state index in [9.17, 15) is 18.4 Å². The number of ether oxygens (including phenoxy) is 1. The lowest BCUT2D eigenvalue weighted by molar-refractivity contribution is -0.126. The van der Waals surface area contributed by atoms with Gasteiger partial charge in [0.1, 0.15) is 23.8 Å². The first-order valence-corrected chi connectivity index (χ1v) is 7.12. The molecule has 0 unspecified atom stereocenters. The number of nitrogens with one attached hydrogen (secondary N) is 2. The van der Waals surface area contributed by atoms with Crippen molar-refractivity contribution in [2.45, 2.75) is 13.0 Å². The fourth-order valence-corrected chi connectivity index (χ4v) is 1.94. The number of anilines is 1. The van der Waals surface area contributed by atoms with Crippen molar-refractivity contribution in [3.63, 3.8) is 0 Å². The van der Waals surface area contributed by atoms with Gasteiger partial charge in [0.05, 0.1) is 12.8 Å². The third-order valence-electron chi connectivity index (χ3n) is 3.18. The number of methoxy groups -OCH3 is 1. The molecule has 0 saturated carbocycles. The summed E-state index contributed by atoms with van der Waals surface area (Å²) < 4.78 is 31.2. The molecule has 2 N–H and O–H groups in total. The van der Waals surface area contributed by atoms with E-state index in [1.54, 1.807) is 31.4 Å². The summed E-state index contributed by atoms with van der Waals surface area (Å²) in [5, 5.41) is 4.81. The Morgan fingerprint density at radius 3 is 2.38 bits per heavy atom. The Hall–Kier alpha value is -2.96. The fourth-order valence-electron chi connectivity index (χ4n) is 1.94. The van der Waals surface area contributed by atoms with E-state index < -0.39 is 29.9 Å². The van der Waals surface area contributed by atoms with Crippen LogP contribution in [0.3, 0.4) is 0 Å². The summed E-state index contributed by atoms with van der Waals surface area (Å²) in [7, 11) is 1.55. The van der Waals surface area contributed by atoms with Gasteiger partial charge in [-0.1, -0.05) is 12.1 Å². The first-order valence-electron chi connectivity index (χ1n) is 7.12. The van der Waals surface area contributed by atoms with E-state index in [2.05, 4.69) is 10.6 Å². The maximum Gasteiger partial charge on any atom is 0.233 e. The van der Waals surface area contributed by atoms with Gasteiger partial charge in [-0.15, -0.1) is 0 Å². The number of rotatable bonds is 6. The minimum Gasteiger partial charge on any atom is -0.497 e. The summed E-state index contributed by atoms with van der Waals surface area (Å²) in [5.74, 6) is -2.14. The molecule has 0 saturated heterocycles. The number of halogens is 2. The van der Waals surface area contributed by atoms with Gasteiger partial charge in [0.15, 0.2) is 0 Å². The Kier molecular flexibility index (Phi) is 5.83. The maximum absolute atomic E-state index is 13.4. The zero-order chi connectivity index (χ0) is 17.5. The number of amides is 2. The van der Waals surface area contributed by atoms with E-state index >= 15 is 0 Å². The Morgan fingerprint density at radius 1 is 1.04 bits per heavy atom. The number of hydrogen-bond acceptors (Lipinski definition) is 3. The molecule has 0 aliphatic carbocycles. The van der Waals surface area contributed by atoms with Gasteiger partial charge < -0.3 is 15.4 Å². The van der Waals surface area contributed by atoms with E-state index in [4.69, 9.17) is 4.74 Å². The standard InChI is InChI=1S/C17H16F2N2O3/c1-24-13-5-2-11(3-6-13)10-20-16(22)9-17(23)21-15-7-4-12(18)8-14(15)19/h2-8H,9-10H2,1H3,(H,20,22)(H,21,23). The first-order chi connectivity index (χ1) is 11.5. The summed E-state index contributed by atoms with van der Waals surface area (Å²) in [4.78, 5) is 23.4. The highest BCUT2D eigenvalue weighted by atomic mass is 19.1. The number of benzene rings is 2. The monoisotopic (exact) mass is 334 g/mol. The van der Waals surface area contributed by atoms with Gasteiger partial charge in [-0.3, -0.25) is 9.59 Å². The molecule has 0 spiro atoms. The van der Waals surface area contributed by atoms with Crippen molar-refractivity contribution in [1.29, 1.82) is 0 Å². The van der Waals surface area contributed by atoms with E-state index in [0.29, 0.717) is 11.8 Å². The van der Waals surface area contributed by atoms with Crippen LogP contribution in [-0.2, 0) is 16.1 Å². The maximum atomic E-state index is 13.4. The van der Waals surface area contributed by atoms with Crippen LogP contribution in [0.2, 0.25) is 0 Å². The van der Waals surface area contributed by atoms with Gasteiger partial charge in [0, 0.05) is 12.6 Å². The minimum atomic E-state index is -0.901. The van der Waals surface area contributed by atoms with Crippen LogP contribution in [-0.4, -0.2) is 18.9 Å². The van der Waals surface area contributed by atoms with Crippen LogP contribution in [0.25, 0.3) is 0 Å². The van der Waals surface area contributed by atoms with E-state index in [1.807, 2.05) is 0 Å². The van der Waals surface area contributed by atoms with E-state index in [-0.39, 0.29) is 12.2 Å². The van der Waals surface area contributed by atoms with Gasteiger partial charge in [0.25, 0.3) is 0 Å². The van der Waals surface area contributed by atoms with Crippen LogP contribution < -0.4 is 15.4 Å². The van der Waals surface area contributed by atoms with Crippen molar-refractivity contribution in [2.24, 2.45) is 0 Å². The first kappa shape index (κ1) is 17.4. The summed E-state index contributed by atoms with van der Waals surface area (Å²) in [6, 6.07) is 9.84. The molecule has 2 rings (SSSR count). The molecular weight excluding hydrogens is 318 g/mol. The molecule has 2 aromatic rings. The predicted molar refractivity (Wildman–Crippen MR) is 84.4 cm³/mol. The SMILES string of the molecule is COc1ccc(CNC(=O)CC(=O)Nc2ccc(F)cc2F)cc1. The Labute approximate surface area is 137 Å². The normalized spacial score (nSPS) is 10.1. The third-order valence-corrected chi connectivity index (χ3v) is 3.18. The second-order valence-electron chi connectivity index (χ2n) is 4.97.